The predicted octanol–water partition coefficient (Wildman–Crippen LogP) is 5.65. The van der Waals surface area contributed by atoms with E-state index in [4.69, 9.17) is 9.40 Å². The number of nitrogens with zero attached hydrogens (tertiary/aromatic N) is 2. The van der Waals surface area contributed by atoms with Crippen LogP contribution in [0.5, 0.6) is 0 Å². The molecule has 2 aromatic heterocycles. The lowest BCUT2D eigenvalue weighted by molar-refractivity contribution is -0.116. The molecule has 0 bridgehead atoms. The van der Waals surface area contributed by atoms with Crippen LogP contribution in [0.25, 0.3) is 22.6 Å². The maximum absolute atomic E-state index is 12.3. The Morgan fingerprint density at radius 2 is 1.62 bits per heavy atom. The normalized spacial score (nSPS) is 10.8. The first-order valence-corrected chi connectivity index (χ1v) is 10.3. The third-order valence-corrected chi connectivity index (χ3v) is 5.58. The molecule has 0 saturated carbocycles. The number of amides is 1. The number of aromatic nitrogens is 2. The summed E-state index contributed by atoms with van der Waals surface area (Å²) in [7, 11) is 0. The van der Waals surface area contributed by atoms with E-state index in [1.807, 2.05) is 74.5 Å². The zero-order valence-corrected chi connectivity index (χ0v) is 17.1. The van der Waals surface area contributed by atoms with Gasteiger partial charge >= 0.3 is 0 Å². The Morgan fingerprint density at radius 1 is 0.966 bits per heavy atom. The van der Waals surface area contributed by atoms with Crippen molar-refractivity contribution in [3.63, 3.8) is 0 Å². The summed E-state index contributed by atoms with van der Waals surface area (Å²) in [5.41, 5.74) is 3.68. The fourth-order valence-electron chi connectivity index (χ4n) is 2.98. The average Bonchev–Trinajstić information content (AvgIpc) is 3.31. The number of oxazole rings is 1. The molecule has 0 aliphatic heterocycles. The molecule has 0 radical (unpaired) electrons. The van der Waals surface area contributed by atoms with E-state index in [1.54, 1.807) is 0 Å². The van der Waals surface area contributed by atoms with Crippen LogP contribution in [0.1, 0.15) is 22.9 Å². The molecule has 5 nitrogen and oxygen atoms in total. The summed E-state index contributed by atoms with van der Waals surface area (Å²) in [6.07, 6.45) is 0.697. The second-order valence-electron chi connectivity index (χ2n) is 6.73. The highest BCUT2D eigenvalue weighted by atomic mass is 32.1. The number of anilines is 1. The van der Waals surface area contributed by atoms with E-state index < -0.39 is 0 Å². The number of carbonyl (C=O) groups excluding carboxylic acids is 1. The van der Waals surface area contributed by atoms with Gasteiger partial charge in [-0.2, -0.15) is 0 Å². The summed E-state index contributed by atoms with van der Waals surface area (Å²) < 4.78 is 6.07. The lowest BCUT2D eigenvalue weighted by atomic mass is 10.1. The Bertz CT molecular complexity index is 1040. The standard InChI is InChI=1S/C23H21N3O2S/c1-15-16(2)29-23(24-15)25-19(27)13-14-20-26-21(17-9-5-3-6-10-17)22(28-20)18-11-7-4-8-12-18/h3-12H,13-14H2,1-2H3,(H,24,25,27). The van der Waals surface area contributed by atoms with E-state index in [0.717, 1.165) is 33.2 Å². The molecule has 0 unspecified atom stereocenters. The zero-order chi connectivity index (χ0) is 20.2. The highest BCUT2D eigenvalue weighted by molar-refractivity contribution is 7.15. The topological polar surface area (TPSA) is 68.0 Å². The first-order valence-electron chi connectivity index (χ1n) is 9.44. The van der Waals surface area contributed by atoms with Crippen molar-refractivity contribution in [1.82, 2.24) is 9.97 Å². The first-order chi connectivity index (χ1) is 14.1. The van der Waals surface area contributed by atoms with Crippen molar-refractivity contribution >= 4 is 22.4 Å². The number of benzene rings is 2. The largest absolute Gasteiger partial charge is 0.440 e. The van der Waals surface area contributed by atoms with Gasteiger partial charge < -0.3 is 9.73 Å². The van der Waals surface area contributed by atoms with Crippen LogP contribution in [0.3, 0.4) is 0 Å². The van der Waals surface area contributed by atoms with E-state index >= 15 is 0 Å². The minimum absolute atomic E-state index is 0.0977. The van der Waals surface area contributed by atoms with Crippen molar-refractivity contribution in [3.8, 4) is 22.6 Å². The fourth-order valence-corrected chi connectivity index (χ4v) is 3.81. The van der Waals surface area contributed by atoms with Gasteiger partial charge in [-0.3, -0.25) is 4.79 Å². The number of aryl methyl sites for hydroxylation is 3. The van der Waals surface area contributed by atoms with Crippen molar-refractivity contribution in [1.29, 1.82) is 0 Å². The molecule has 0 atom stereocenters. The molecule has 0 saturated heterocycles. The average molecular weight is 404 g/mol. The van der Waals surface area contributed by atoms with Gasteiger partial charge in [-0.25, -0.2) is 9.97 Å². The zero-order valence-electron chi connectivity index (χ0n) is 16.3. The Hall–Kier alpha value is -3.25. The van der Waals surface area contributed by atoms with Gasteiger partial charge in [0.15, 0.2) is 16.8 Å². The van der Waals surface area contributed by atoms with Gasteiger partial charge in [-0.15, -0.1) is 11.3 Å². The highest BCUT2D eigenvalue weighted by Gasteiger charge is 2.17. The number of rotatable bonds is 6. The molecule has 0 spiro atoms. The molecule has 4 aromatic rings. The number of hydrogen-bond acceptors (Lipinski definition) is 5. The third-order valence-electron chi connectivity index (χ3n) is 4.60. The van der Waals surface area contributed by atoms with Crippen molar-refractivity contribution in [2.45, 2.75) is 26.7 Å². The number of thiazole rings is 1. The maximum Gasteiger partial charge on any atom is 0.226 e. The van der Waals surface area contributed by atoms with Crippen LogP contribution in [0, 0.1) is 13.8 Å². The maximum atomic E-state index is 12.3. The molecular weight excluding hydrogens is 382 g/mol. The molecular formula is C23H21N3O2S. The molecule has 29 heavy (non-hydrogen) atoms. The van der Waals surface area contributed by atoms with Crippen molar-refractivity contribution in [2.24, 2.45) is 0 Å². The van der Waals surface area contributed by atoms with E-state index in [1.165, 1.54) is 11.3 Å². The lowest BCUT2D eigenvalue weighted by Crippen LogP contribution is -2.12. The minimum Gasteiger partial charge on any atom is -0.440 e. The second-order valence-corrected chi connectivity index (χ2v) is 7.93. The molecule has 0 aliphatic carbocycles. The SMILES string of the molecule is Cc1nc(NC(=O)CCc2nc(-c3ccccc3)c(-c3ccccc3)o2)sc1C. The number of nitrogens with one attached hydrogen (secondary N) is 1. The quantitative estimate of drug-likeness (QED) is 0.451. The van der Waals surface area contributed by atoms with Gasteiger partial charge in [0.05, 0.1) is 5.69 Å². The van der Waals surface area contributed by atoms with Gasteiger partial charge in [0, 0.05) is 28.8 Å². The summed E-state index contributed by atoms with van der Waals surface area (Å²) in [6, 6.07) is 19.8. The van der Waals surface area contributed by atoms with Crippen molar-refractivity contribution < 1.29 is 9.21 Å². The summed E-state index contributed by atoms with van der Waals surface area (Å²) >= 11 is 1.48. The lowest BCUT2D eigenvalue weighted by Gasteiger charge is -2.01. The van der Waals surface area contributed by atoms with Gasteiger partial charge in [-0.05, 0) is 13.8 Å². The Morgan fingerprint density at radius 3 is 2.24 bits per heavy atom. The Balaban J connectivity index is 1.53. The monoisotopic (exact) mass is 403 g/mol. The van der Waals surface area contributed by atoms with E-state index in [-0.39, 0.29) is 12.3 Å². The van der Waals surface area contributed by atoms with Gasteiger partial charge in [0.2, 0.25) is 5.91 Å². The molecule has 0 fully saturated rings. The summed E-state index contributed by atoms with van der Waals surface area (Å²) in [4.78, 5) is 22.5. The Kier molecular flexibility index (Phi) is 5.53. The summed E-state index contributed by atoms with van der Waals surface area (Å²) in [6.45, 7) is 3.93. The smallest absolute Gasteiger partial charge is 0.226 e. The third kappa shape index (κ3) is 4.43. The van der Waals surface area contributed by atoms with Crippen molar-refractivity contribution in [2.75, 3.05) is 5.32 Å². The molecule has 2 aromatic carbocycles. The molecule has 146 valence electrons. The fraction of sp³-hybridized carbons (Fsp3) is 0.174. The van der Waals surface area contributed by atoms with E-state index in [2.05, 4.69) is 10.3 Å². The van der Waals surface area contributed by atoms with Crippen LogP contribution in [0.2, 0.25) is 0 Å². The summed E-state index contributed by atoms with van der Waals surface area (Å²) in [5.74, 6) is 1.17. The molecule has 0 aliphatic rings. The number of carbonyl (C=O) groups is 1. The minimum atomic E-state index is -0.0977. The van der Waals surface area contributed by atoms with E-state index in [0.29, 0.717) is 17.4 Å². The highest BCUT2D eigenvalue weighted by Crippen LogP contribution is 2.32. The van der Waals surface area contributed by atoms with Crippen molar-refractivity contribution in [3.05, 3.63) is 77.1 Å². The van der Waals surface area contributed by atoms with Gasteiger partial charge in [0.25, 0.3) is 0 Å². The summed E-state index contributed by atoms with van der Waals surface area (Å²) in [5, 5.41) is 3.49. The number of hydrogen-bond donors (Lipinski definition) is 1. The van der Waals surface area contributed by atoms with E-state index in [9.17, 15) is 4.79 Å². The van der Waals surface area contributed by atoms with Crippen LogP contribution in [0.15, 0.2) is 65.1 Å². The molecule has 2 heterocycles. The van der Waals surface area contributed by atoms with Crippen LogP contribution < -0.4 is 5.32 Å². The molecule has 6 heteroatoms. The van der Waals surface area contributed by atoms with Gasteiger partial charge in [0.1, 0.15) is 5.69 Å². The van der Waals surface area contributed by atoms with Crippen LogP contribution in [-0.2, 0) is 11.2 Å². The van der Waals surface area contributed by atoms with Crippen LogP contribution in [-0.4, -0.2) is 15.9 Å². The van der Waals surface area contributed by atoms with Crippen LogP contribution >= 0.6 is 11.3 Å². The second kappa shape index (κ2) is 8.41. The van der Waals surface area contributed by atoms with Crippen LogP contribution in [0.4, 0.5) is 5.13 Å². The molecule has 1 amide bonds. The molecule has 4 rings (SSSR count). The van der Waals surface area contributed by atoms with Gasteiger partial charge in [-0.1, -0.05) is 60.7 Å². The Labute approximate surface area is 173 Å². The molecule has 1 N–H and O–H groups in total. The predicted molar refractivity (Wildman–Crippen MR) is 116 cm³/mol. The first kappa shape index (κ1) is 19.1.